The molecule has 1 N–H and O–H groups in total. The standard InChI is InChI=1S/C12H15FO2/c1-2-12(13,11(14)15)9-8-10-6-4-3-5-7-10/h3-7H,2,8-9H2,1H3,(H,14,15). The van der Waals surface area contributed by atoms with E-state index in [0.717, 1.165) is 5.56 Å². The lowest BCUT2D eigenvalue weighted by Gasteiger charge is -2.18. The lowest BCUT2D eigenvalue weighted by Crippen LogP contribution is -2.33. The van der Waals surface area contributed by atoms with E-state index in [2.05, 4.69) is 0 Å². The number of alkyl halides is 1. The van der Waals surface area contributed by atoms with Gasteiger partial charge in [-0.05, 0) is 24.8 Å². The van der Waals surface area contributed by atoms with Crippen molar-refractivity contribution in [2.75, 3.05) is 0 Å². The lowest BCUT2D eigenvalue weighted by molar-refractivity contribution is -0.151. The molecule has 0 amide bonds. The predicted octanol–water partition coefficient (Wildman–Crippen LogP) is 2.82. The maximum Gasteiger partial charge on any atom is 0.341 e. The van der Waals surface area contributed by atoms with E-state index in [-0.39, 0.29) is 12.8 Å². The van der Waals surface area contributed by atoms with E-state index < -0.39 is 11.6 Å². The normalized spacial score (nSPS) is 14.5. The molecule has 1 atom stereocenters. The van der Waals surface area contributed by atoms with E-state index in [4.69, 9.17) is 5.11 Å². The summed E-state index contributed by atoms with van der Waals surface area (Å²) in [5.74, 6) is -1.36. The summed E-state index contributed by atoms with van der Waals surface area (Å²) in [5.41, 5.74) is -1.12. The average Bonchev–Trinajstić information content (AvgIpc) is 2.27. The Hall–Kier alpha value is -1.38. The van der Waals surface area contributed by atoms with E-state index >= 15 is 0 Å². The SMILES string of the molecule is CCC(F)(CCc1ccccc1)C(=O)O. The molecule has 0 heterocycles. The molecule has 82 valence electrons. The fourth-order valence-electron chi connectivity index (χ4n) is 1.42. The first kappa shape index (κ1) is 11.7. The summed E-state index contributed by atoms with van der Waals surface area (Å²) in [4.78, 5) is 10.7. The number of hydrogen-bond acceptors (Lipinski definition) is 1. The first-order chi connectivity index (χ1) is 7.08. The number of hydrogen-bond donors (Lipinski definition) is 1. The molecule has 0 saturated heterocycles. The molecule has 0 aromatic heterocycles. The Morgan fingerprint density at radius 1 is 1.40 bits per heavy atom. The van der Waals surface area contributed by atoms with Crippen LogP contribution in [0.1, 0.15) is 25.3 Å². The number of halogens is 1. The Bertz CT molecular complexity index is 324. The molecule has 0 bridgehead atoms. The lowest BCUT2D eigenvalue weighted by atomic mass is 9.94. The van der Waals surface area contributed by atoms with E-state index in [1.54, 1.807) is 6.92 Å². The van der Waals surface area contributed by atoms with Gasteiger partial charge in [0.2, 0.25) is 5.67 Å². The number of benzene rings is 1. The van der Waals surface area contributed by atoms with Gasteiger partial charge in [0.1, 0.15) is 0 Å². The quantitative estimate of drug-likeness (QED) is 0.811. The van der Waals surface area contributed by atoms with Crippen LogP contribution in [0, 0.1) is 0 Å². The molecular weight excluding hydrogens is 195 g/mol. The van der Waals surface area contributed by atoms with Crippen molar-refractivity contribution in [3.8, 4) is 0 Å². The van der Waals surface area contributed by atoms with Gasteiger partial charge < -0.3 is 5.11 Å². The molecule has 1 aromatic rings. The molecule has 0 aliphatic heterocycles. The summed E-state index contributed by atoms with van der Waals surface area (Å²) in [6.45, 7) is 1.55. The van der Waals surface area contributed by atoms with Gasteiger partial charge in [-0.3, -0.25) is 0 Å². The highest BCUT2D eigenvalue weighted by molar-refractivity contribution is 5.77. The minimum absolute atomic E-state index is 0.00909. The number of carbonyl (C=O) groups is 1. The molecule has 1 rings (SSSR count). The van der Waals surface area contributed by atoms with Crippen molar-refractivity contribution in [2.45, 2.75) is 31.9 Å². The van der Waals surface area contributed by atoms with Crippen LogP contribution in [0.5, 0.6) is 0 Å². The summed E-state index contributed by atoms with van der Waals surface area (Å²) in [6.07, 6.45) is 0.496. The molecule has 0 saturated carbocycles. The van der Waals surface area contributed by atoms with E-state index in [1.807, 2.05) is 30.3 Å². The third kappa shape index (κ3) is 3.05. The Morgan fingerprint density at radius 2 is 2.00 bits per heavy atom. The van der Waals surface area contributed by atoms with Gasteiger partial charge in [0.05, 0.1) is 0 Å². The minimum Gasteiger partial charge on any atom is -0.479 e. The Labute approximate surface area is 88.7 Å². The zero-order valence-electron chi connectivity index (χ0n) is 8.74. The second-order valence-corrected chi connectivity index (χ2v) is 3.61. The highest BCUT2D eigenvalue weighted by Crippen LogP contribution is 2.23. The number of aliphatic carboxylic acids is 1. The Morgan fingerprint density at radius 3 is 2.47 bits per heavy atom. The maximum absolute atomic E-state index is 13.7. The van der Waals surface area contributed by atoms with Crippen molar-refractivity contribution < 1.29 is 14.3 Å². The summed E-state index contributed by atoms with van der Waals surface area (Å²) in [6, 6.07) is 9.35. The van der Waals surface area contributed by atoms with Crippen molar-refractivity contribution >= 4 is 5.97 Å². The molecular formula is C12H15FO2. The van der Waals surface area contributed by atoms with Crippen LogP contribution in [0.3, 0.4) is 0 Å². The second kappa shape index (κ2) is 4.91. The Kier molecular flexibility index (Phi) is 3.83. The highest BCUT2D eigenvalue weighted by atomic mass is 19.1. The third-order valence-corrected chi connectivity index (χ3v) is 2.60. The number of rotatable bonds is 5. The predicted molar refractivity (Wildman–Crippen MR) is 56.5 cm³/mol. The topological polar surface area (TPSA) is 37.3 Å². The van der Waals surface area contributed by atoms with Crippen LogP contribution in [0.2, 0.25) is 0 Å². The van der Waals surface area contributed by atoms with Crippen LogP contribution in [-0.4, -0.2) is 16.7 Å². The fraction of sp³-hybridized carbons (Fsp3) is 0.417. The monoisotopic (exact) mass is 210 g/mol. The number of carboxylic acids is 1. The van der Waals surface area contributed by atoms with Crippen molar-refractivity contribution in [3.05, 3.63) is 35.9 Å². The molecule has 3 heteroatoms. The molecule has 1 aromatic carbocycles. The maximum atomic E-state index is 13.7. The summed E-state index contributed by atoms with van der Waals surface area (Å²) >= 11 is 0. The van der Waals surface area contributed by atoms with Gasteiger partial charge in [0, 0.05) is 0 Å². The average molecular weight is 210 g/mol. The van der Waals surface area contributed by atoms with Crippen molar-refractivity contribution in [2.24, 2.45) is 0 Å². The summed E-state index contributed by atoms with van der Waals surface area (Å²) < 4.78 is 13.7. The van der Waals surface area contributed by atoms with E-state index in [1.165, 1.54) is 0 Å². The summed E-state index contributed by atoms with van der Waals surface area (Å²) in [5, 5.41) is 8.74. The molecule has 0 aliphatic carbocycles. The number of carboxylic acid groups (broad SMARTS) is 1. The van der Waals surface area contributed by atoms with Crippen LogP contribution in [-0.2, 0) is 11.2 Å². The van der Waals surface area contributed by atoms with Crippen LogP contribution in [0.15, 0.2) is 30.3 Å². The molecule has 15 heavy (non-hydrogen) atoms. The molecule has 1 unspecified atom stereocenters. The first-order valence-electron chi connectivity index (χ1n) is 5.05. The van der Waals surface area contributed by atoms with Gasteiger partial charge in [-0.25, -0.2) is 9.18 Å². The van der Waals surface area contributed by atoms with Crippen LogP contribution in [0.25, 0.3) is 0 Å². The molecule has 0 spiro atoms. The smallest absolute Gasteiger partial charge is 0.341 e. The third-order valence-electron chi connectivity index (χ3n) is 2.60. The zero-order valence-corrected chi connectivity index (χ0v) is 8.74. The zero-order chi connectivity index (χ0) is 11.3. The van der Waals surface area contributed by atoms with Crippen molar-refractivity contribution in [1.82, 2.24) is 0 Å². The van der Waals surface area contributed by atoms with Gasteiger partial charge >= 0.3 is 5.97 Å². The van der Waals surface area contributed by atoms with E-state index in [0.29, 0.717) is 6.42 Å². The number of aryl methyl sites for hydroxylation is 1. The largest absolute Gasteiger partial charge is 0.479 e. The minimum atomic E-state index is -2.09. The highest BCUT2D eigenvalue weighted by Gasteiger charge is 2.35. The second-order valence-electron chi connectivity index (χ2n) is 3.61. The Balaban J connectivity index is 2.59. The van der Waals surface area contributed by atoms with Gasteiger partial charge in [0.25, 0.3) is 0 Å². The molecule has 0 radical (unpaired) electrons. The summed E-state index contributed by atoms with van der Waals surface area (Å²) in [7, 11) is 0. The first-order valence-corrected chi connectivity index (χ1v) is 5.05. The van der Waals surface area contributed by atoms with Crippen LogP contribution < -0.4 is 0 Å². The van der Waals surface area contributed by atoms with Crippen LogP contribution >= 0.6 is 0 Å². The van der Waals surface area contributed by atoms with Gasteiger partial charge in [-0.15, -0.1) is 0 Å². The van der Waals surface area contributed by atoms with E-state index in [9.17, 15) is 9.18 Å². The fourth-order valence-corrected chi connectivity index (χ4v) is 1.42. The molecule has 2 nitrogen and oxygen atoms in total. The van der Waals surface area contributed by atoms with Gasteiger partial charge in [0.15, 0.2) is 0 Å². The molecule has 0 fully saturated rings. The molecule has 0 aliphatic rings. The van der Waals surface area contributed by atoms with Crippen molar-refractivity contribution in [3.63, 3.8) is 0 Å². The van der Waals surface area contributed by atoms with Gasteiger partial charge in [-0.1, -0.05) is 37.3 Å². The van der Waals surface area contributed by atoms with Gasteiger partial charge in [-0.2, -0.15) is 0 Å². The van der Waals surface area contributed by atoms with Crippen molar-refractivity contribution in [1.29, 1.82) is 0 Å². The van der Waals surface area contributed by atoms with Crippen LogP contribution in [0.4, 0.5) is 4.39 Å².